The van der Waals surface area contributed by atoms with Gasteiger partial charge in [0.2, 0.25) is 5.95 Å². The molecular formula is C29H30F3N5O. The van der Waals surface area contributed by atoms with Gasteiger partial charge in [-0.15, -0.1) is 0 Å². The van der Waals surface area contributed by atoms with Crippen LogP contribution < -0.4 is 11.1 Å². The molecule has 198 valence electrons. The molecule has 3 N–H and O–H groups in total. The van der Waals surface area contributed by atoms with Gasteiger partial charge in [0.1, 0.15) is 0 Å². The maximum Gasteiger partial charge on any atom is 0.416 e. The van der Waals surface area contributed by atoms with Crippen LogP contribution in [0.15, 0.2) is 60.8 Å². The van der Waals surface area contributed by atoms with Crippen molar-refractivity contribution in [3.8, 4) is 11.1 Å². The van der Waals surface area contributed by atoms with E-state index in [1.807, 2.05) is 64.0 Å². The van der Waals surface area contributed by atoms with Gasteiger partial charge in [-0.3, -0.25) is 4.79 Å². The van der Waals surface area contributed by atoms with Crippen LogP contribution in [0.25, 0.3) is 22.0 Å². The first-order chi connectivity index (χ1) is 17.7. The summed E-state index contributed by atoms with van der Waals surface area (Å²) in [6.45, 7) is 6.38. The fourth-order valence-corrected chi connectivity index (χ4v) is 4.77. The Balaban J connectivity index is 1.72. The fourth-order valence-electron chi connectivity index (χ4n) is 4.77. The number of halogens is 3. The van der Waals surface area contributed by atoms with Gasteiger partial charge in [0.25, 0.3) is 5.91 Å². The van der Waals surface area contributed by atoms with Gasteiger partial charge in [-0.2, -0.15) is 13.2 Å². The van der Waals surface area contributed by atoms with Crippen LogP contribution in [0.5, 0.6) is 0 Å². The summed E-state index contributed by atoms with van der Waals surface area (Å²) in [6.07, 6.45) is -2.90. The SMILES string of the molecule is Cc1ccc(C(=O)Nc2cc(C(F)(F)F)ccc2C(C)(C)CN(C)C)cc1-c1ccc2nc(N)ncc2c1. The Labute approximate surface area is 219 Å². The second-order valence-electron chi connectivity index (χ2n) is 10.4. The molecule has 0 radical (unpaired) electrons. The lowest BCUT2D eigenvalue weighted by atomic mass is 9.82. The smallest absolute Gasteiger partial charge is 0.368 e. The molecule has 0 fully saturated rings. The number of rotatable bonds is 6. The fraction of sp³-hybridized carbons (Fsp3) is 0.276. The van der Waals surface area contributed by atoms with Gasteiger partial charge in [-0.25, -0.2) is 9.97 Å². The molecule has 9 heteroatoms. The van der Waals surface area contributed by atoms with E-state index in [2.05, 4.69) is 15.3 Å². The Morgan fingerprint density at radius 2 is 1.76 bits per heavy atom. The van der Waals surface area contributed by atoms with Gasteiger partial charge in [-0.1, -0.05) is 32.0 Å². The van der Waals surface area contributed by atoms with E-state index < -0.39 is 23.1 Å². The summed E-state index contributed by atoms with van der Waals surface area (Å²) >= 11 is 0. The number of hydrogen-bond donors (Lipinski definition) is 2. The molecule has 38 heavy (non-hydrogen) atoms. The van der Waals surface area contributed by atoms with Crippen LogP contribution in [-0.4, -0.2) is 41.4 Å². The van der Waals surface area contributed by atoms with Crippen molar-refractivity contribution in [1.82, 2.24) is 14.9 Å². The van der Waals surface area contributed by atoms with Crippen LogP contribution >= 0.6 is 0 Å². The first kappa shape index (κ1) is 27.1. The normalized spacial score (nSPS) is 12.2. The van der Waals surface area contributed by atoms with Crippen LogP contribution in [0.3, 0.4) is 0 Å². The Bertz CT molecular complexity index is 1510. The summed E-state index contributed by atoms with van der Waals surface area (Å²) in [5, 5.41) is 3.56. The second-order valence-corrected chi connectivity index (χ2v) is 10.4. The minimum absolute atomic E-state index is 0.138. The number of carbonyl (C=O) groups is 1. The molecule has 0 unspecified atom stereocenters. The molecule has 3 aromatic carbocycles. The highest BCUT2D eigenvalue weighted by molar-refractivity contribution is 6.05. The van der Waals surface area contributed by atoms with Crippen molar-refractivity contribution >= 4 is 28.4 Å². The number of benzene rings is 3. The molecule has 6 nitrogen and oxygen atoms in total. The van der Waals surface area contributed by atoms with E-state index in [0.717, 1.165) is 34.2 Å². The molecule has 0 aliphatic carbocycles. The van der Waals surface area contributed by atoms with Crippen molar-refractivity contribution in [2.75, 3.05) is 31.7 Å². The van der Waals surface area contributed by atoms with E-state index in [-0.39, 0.29) is 11.6 Å². The number of anilines is 2. The molecule has 4 aromatic rings. The minimum Gasteiger partial charge on any atom is -0.368 e. The number of nitrogens with two attached hydrogens (primary N) is 1. The van der Waals surface area contributed by atoms with Crippen LogP contribution in [-0.2, 0) is 11.6 Å². The molecule has 0 aliphatic rings. The number of aryl methyl sites for hydroxylation is 1. The summed E-state index contributed by atoms with van der Waals surface area (Å²) in [4.78, 5) is 23.6. The molecule has 0 saturated heterocycles. The number of likely N-dealkylation sites (N-methyl/N-ethyl adjacent to an activating group) is 1. The third kappa shape index (κ3) is 5.78. The molecule has 1 aromatic heterocycles. The number of nitrogens with zero attached hydrogens (tertiary/aromatic N) is 3. The van der Waals surface area contributed by atoms with Gasteiger partial charge >= 0.3 is 6.18 Å². The molecule has 0 spiro atoms. The van der Waals surface area contributed by atoms with Crippen LogP contribution in [0.2, 0.25) is 0 Å². The Morgan fingerprint density at radius 1 is 1.03 bits per heavy atom. The van der Waals surface area contributed by atoms with E-state index in [4.69, 9.17) is 5.73 Å². The van der Waals surface area contributed by atoms with Crippen molar-refractivity contribution in [2.45, 2.75) is 32.4 Å². The van der Waals surface area contributed by atoms with Crippen LogP contribution in [0.1, 0.15) is 40.9 Å². The van der Waals surface area contributed by atoms with Crippen LogP contribution in [0, 0.1) is 6.92 Å². The average molecular weight is 522 g/mol. The number of carbonyl (C=O) groups excluding carboxylic acids is 1. The summed E-state index contributed by atoms with van der Waals surface area (Å²) in [5.74, 6) is -0.313. The minimum atomic E-state index is -4.54. The number of alkyl halides is 3. The Kier molecular flexibility index (Phi) is 7.16. The number of amides is 1. The molecule has 0 aliphatic heterocycles. The highest BCUT2D eigenvalue weighted by Gasteiger charge is 2.33. The average Bonchev–Trinajstić information content (AvgIpc) is 2.82. The van der Waals surface area contributed by atoms with E-state index >= 15 is 0 Å². The number of fused-ring (bicyclic) bond motifs is 1. The van der Waals surface area contributed by atoms with Gasteiger partial charge in [0.05, 0.1) is 11.1 Å². The van der Waals surface area contributed by atoms with Gasteiger partial charge in [0, 0.05) is 34.8 Å². The second kappa shape index (κ2) is 10.1. The Hall–Kier alpha value is -3.98. The van der Waals surface area contributed by atoms with E-state index in [9.17, 15) is 18.0 Å². The summed E-state index contributed by atoms with van der Waals surface area (Å²) in [5.41, 5.74) is 8.72. The van der Waals surface area contributed by atoms with Crippen molar-refractivity contribution in [2.24, 2.45) is 0 Å². The largest absolute Gasteiger partial charge is 0.416 e. The third-order valence-electron chi connectivity index (χ3n) is 6.44. The van der Waals surface area contributed by atoms with Crippen molar-refractivity contribution in [3.63, 3.8) is 0 Å². The first-order valence-corrected chi connectivity index (χ1v) is 12.1. The van der Waals surface area contributed by atoms with Gasteiger partial charge < -0.3 is 16.0 Å². The predicted octanol–water partition coefficient (Wildman–Crippen LogP) is 6.30. The standard InChI is InChI=1S/C29H30F3N5O/c1-17-6-7-19(13-22(17)18-8-11-24-20(12-18)15-34-27(33)36-24)26(38)35-25-14-21(29(30,31)32)9-10-23(25)28(2,3)16-37(4)5/h6-15H,16H2,1-5H3,(H,35,38)(H2,33,34,36). The van der Waals surface area contributed by atoms with Crippen molar-refractivity contribution < 1.29 is 18.0 Å². The lowest BCUT2D eigenvalue weighted by molar-refractivity contribution is -0.137. The lowest BCUT2D eigenvalue weighted by Crippen LogP contribution is -2.33. The molecule has 1 amide bonds. The molecule has 1 heterocycles. The molecule has 4 rings (SSSR count). The third-order valence-corrected chi connectivity index (χ3v) is 6.44. The zero-order chi connectivity index (χ0) is 27.8. The summed E-state index contributed by atoms with van der Waals surface area (Å²) < 4.78 is 40.6. The topological polar surface area (TPSA) is 84.1 Å². The van der Waals surface area contributed by atoms with Gasteiger partial charge in [0.15, 0.2) is 0 Å². The summed E-state index contributed by atoms with van der Waals surface area (Å²) in [7, 11) is 3.79. The lowest BCUT2D eigenvalue weighted by Gasteiger charge is -2.31. The zero-order valence-electron chi connectivity index (χ0n) is 21.9. The summed E-state index contributed by atoms with van der Waals surface area (Å²) in [6, 6.07) is 14.4. The monoisotopic (exact) mass is 521 g/mol. The van der Waals surface area contributed by atoms with Gasteiger partial charge in [-0.05, 0) is 79.7 Å². The van der Waals surface area contributed by atoms with Crippen molar-refractivity contribution in [3.05, 3.63) is 83.0 Å². The number of nitrogens with one attached hydrogen (secondary N) is 1. The van der Waals surface area contributed by atoms with E-state index in [1.165, 1.54) is 6.07 Å². The molecule has 0 saturated carbocycles. The van der Waals surface area contributed by atoms with E-state index in [1.54, 1.807) is 18.3 Å². The van der Waals surface area contributed by atoms with Crippen LogP contribution in [0.4, 0.5) is 24.8 Å². The quantitative estimate of drug-likeness (QED) is 0.311. The number of aromatic nitrogens is 2. The molecule has 0 atom stereocenters. The first-order valence-electron chi connectivity index (χ1n) is 12.1. The number of hydrogen-bond acceptors (Lipinski definition) is 5. The zero-order valence-corrected chi connectivity index (χ0v) is 21.9. The maximum absolute atomic E-state index is 13.5. The predicted molar refractivity (Wildman–Crippen MR) is 145 cm³/mol. The Morgan fingerprint density at radius 3 is 2.45 bits per heavy atom. The highest BCUT2D eigenvalue weighted by Crippen LogP contribution is 2.37. The maximum atomic E-state index is 13.5. The highest BCUT2D eigenvalue weighted by atomic mass is 19.4. The number of nitrogen functional groups attached to an aromatic ring is 1. The molecular weight excluding hydrogens is 491 g/mol. The van der Waals surface area contributed by atoms with Crippen molar-refractivity contribution in [1.29, 1.82) is 0 Å². The van der Waals surface area contributed by atoms with E-state index in [0.29, 0.717) is 23.2 Å². The molecule has 0 bridgehead atoms.